The summed E-state index contributed by atoms with van der Waals surface area (Å²) in [6.07, 6.45) is -1.58. The number of carboxylic acids is 1. The molecule has 7 N–H and O–H groups in total. The summed E-state index contributed by atoms with van der Waals surface area (Å²) in [5, 5.41) is 32.0. The second-order valence-electron chi connectivity index (χ2n) is 18.3. The first-order valence-corrected chi connectivity index (χ1v) is 25.1. The van der Waals surface area contributed by atoms with Crippen molar-refractivity contribution in [2.45, 2.75) is 117 Å². The van der Waals surface area contributed by atoms with Gasteiger partial charge in [-0.25, -0.2) is 0 Å². The maximum Gasteiger partial charge on any atom is 0.303 e. The molecule has 0 aliphatic carbocycles. The fraction of sp³-hybridized carbons (Fsp3) is 0.833. The Morgan fingerprint density at radius 1 is 0.556 bits per heavy atom. The SMILES string of the molecule is CC(C)COCCOCCOCCOCCOCCOCCOCCOCCC(=O)N[C@@H](CC(C)C)C(=O)N1CCC[C@@H]1C(=O)N[C@@H](CCC(=O)O)C(=O)N[C@H](C(=O)NCC(=O)NCC(=O)C(C)C)[C@@H](C)O. The topological polar surface area (TPSA) is 314 Å². The Hall–Kier alpha value is -4.40. The van der Waals surface area contributed by atoms with E-state index in [4.69, 9.17) is 37.9 Å². The number of aliphatic carboxylic acids is 1. The van der Waals surface area contributed by atoms with Gasteiger partial charge in [-0.1, -0.05) is 41.5 Å². The first-order valence-electron chi connectivity index (χ1n) is 25.1. The van der Waals surface area contributed by atoms with Crippen molar-refractivity contribution in [3.8, 4) is 0 Å². The Kier molecular flexibility index (Phi) is 36.5. The number of carbonyl (C=O) groups is 8. The van der Waals surface area contributed by atoms with E-state index < -0.39 is 91.1 Å². The zero-order chi connectivity index (χ0) is 53.7. The standard InChI is InChI=1S/C48H86N6O18/c1-33(2)29-38(51-41(57)12-14-65-15-16-66-17-18-67-19-20-68-21-22-69-23-24-70-25-26-71-27-28-72-32-34(3)4)48(64)54-13-8-9-39(54)46(62)52-37(10-11-43(59)60)45(61)53-44(36(7)55)47(63)50-31-42(58)49-30-40(56)35(5)6/h33-39,44,55H,8-32H2,1-7H3,(H,49,58)(H,50,63)(H,51,57)(H,52,62)(H,53,61)(H,59,60)/t36-,37+,38+,39-,44+/m1/s1. The fourth-order valence-corrected chi connectivity index (χ4v) is 6.68. The van der Waals surface area contributed by atoms with Crippen LogP contribution in [0.3, 0.4) is 0 Å². The van der Waals surface area contributed by atoms with Crippen LogP contribution in [-0.4, -0.2) is 218 Å². The van der Waals surface area contributed by atoms with Crippen LogP contribution in [0.2, 0.25) is 0 Å². The van der Waals surface area contributed by atoms with Gasteiger partial charge in [-0.2, -0.15) is 0 Å². The van der Waals surface area contributed by atoms with Crippen molar-refractivity contribution in [1.29, 1.82) is 0 Å². The third-order valence-electron chi connectivity index (χ3n) is 10.6. The number of rotatable bonds is 44. The average molecular weight is 1040 g/mol. The van der Waals surface area contributed by atoms with Crippen LogP contribution in [0, 0.1) is 17.8 Å². The zero-order valence-electron chi connectivity index (χ0n) is 43.7. The number of likely N-dealkylation sites (tertiary alicyclic amines) is 1. The van der Waals surface area contributed by atoms with Crippen LogP contribution >= 0.6 is 0 Å². The number of nitrogens with one attached hydrogen (secondary N) is 5. The van der Waals surface area contributed by atoms with Crippen LogP contribution in [0.1, 0.15) is 87.0 Å². The van der Waals surface area contributed by atoms with Crippen molar-refractivity contribution in [2.75, 3.05) is 125 Å². The normalized spacial score (nSPS) is 15.3. The van der Waals surface area contributed by atoms with Crippen LogP contribution in [-0.2, 0) is 76.3 Å². The predicted octanol–water partition coefficient (Wildman–Crippen LogP) is -0.640. The van der Waals surface area contributed by atoms with Crippen LogP contribution in [0.25, 0.3) is 0 Å². The summed E-state index contributed by atoms with van der Waals surface area (Å²) in [6.45, 7) is 18.6. The molecule has 24 heteroatoms. The highest BCUT2D eigenvalue weighted by Gasteiger charge is 2.39. The number of ether oxygens (including phenoxy) is 8. The molecule has 1 aliphatic rings. The zero-order valence-corrected chi connectivity index (χ0v) is 43.7. The number of hydrogen-bond donors (Lipinski definition) is 7. The van der Waals surface area contributed by atoms with E-state index in [0.717, 1.165) is 6.61 Å². The minimum atomic E-state index is -1.62. The highest BCUT2D eigenvalue weighted by molar-refractivity contribution is 5.97. The van der Waals surface area contributed by atoms with E-state index >= 15 is 0 Å². The van der Waals surface area contributed by atoms with Crippen LogP contribution < -0.4 is 26.6 Å². The number of carbonyl (C=O) groups excluding carboxylic acids is 7. The van der Waals surface area contributed by atoms with Gasteiger partial charge in [-0.3, -0.25) is 38.4 Å². The number of carboxylic acid groups (broad SMARTS) is 1. The molecule has 1 heterocycles. The maximum absolute atomic E-state index is 13.9. The van der Waals surface area contributed by atoms with Gasteiger partial charge < -0.3 is 79.6 Å². The molecule has 24 nitrogen and oxygen atoms in total. The lowest BCUT2D eigenvalue weighted by molar-refractivity contribution is -0.143. The molecule has 0 saturated carbocycles. The Bertz CT molecular complexity index is 1590. The number of Topliss-reactive ketones (excluding diaryl/α,β-unsaturated/α-hetero) is 1. The molecule has 0 aromatic rings. The summed E-state index contributed by atoms with van der Waals surface area (Å²) in [7, 11) is 0. The molecule has 5 atom stereocenters. The van der Waals surface area contributed by atoms with Crippen molar-refractivity contribution in [3.05, 3.63) is 0 Å². The first kappa shape index (κ1) is 65.6. The second kappa shape index (κ2) is 40.0. The number of hydrogen-bond acceptors (Lipinski definition) is 17. The highest BCUT2D eigenvalue weighted by atomic mass is 16.6. The summed E-state index contributed by atoms with van der Waals surface area (Å²) < 4.78 is 43.9. The van der Waals surface area contributed by atoms with Crippen LogP contribution in [0.5, 0.6) is 0 Å². The van der Waals surface area contributed by atoms with E-state index in [1.54, 1.807) is 13.8 Å². The number of nitrogens with zero attached hydrogens (tertiary/aromatic N) is 1. The second-order valence-corrected chi connectivity index (χ2v) is 18.3. The van der Waals surface area contributed by atoms with Gasteiger partial charge in [0.15, 0.2) is 5.78 Å². The molecule has 416 valence electrons. The number of aliphatic hydroxyl groups is 1. The molecule has 1 saturated heterocycles. The Labute approximate surface area is 424 Å². The first-order chi connectivity index (χ1) is 34.3. The third-order valence-corrected chi connectivity index (χ3v) is 10.6. The van der Waals surface area contributed by atoms with Crippen molar-refractivity contribution in [1.82, 2.24) is 31.5 Å². The molecule has 0 spiro atoms. The van der Waals surface area contributed by atoms with Crippen LogP contribution in [0.4, 0.5) is 0 Å². The summed E-state index contributed by atoms with van der Waals surface area (Å²) in [5.41, 5.74) is 0. The van der Waals surface area contributed by atoms with Gasteiger partial charge in [0.2, 0.25) is 35.4 Å². The fourth-order valence-electron chi connectivity index (χ4n) is 6.68. The number of aliphatic hydroxyl groups excluding tert-OH is 1. The number of amides is 6. The third kappa shape index (κ3) is 31.9. The Morgan fingerprint density at radius 3 is 1.51 bits per heavy atom. The average Bonchev–Trinajstić information content (AvgIpc) is 3.82. The maximum atomic E-state index is 13.9. The molecule has 0 aromatic carbocycles. The van der Waals surface area contributed by atoms with E-state index in [-0.39, 0.29) is 69.8 Å². The molecule has 6 amide bonds. The molecule has 72 heavy (non-hydrogen) atoms. The van der Waals surface area contributed by atoms with E-state index in [1.165, 1.54) is 11.8 Å². The molecule has 1 rings (SSSR count). The largest absolute Gasteiger partial charge is 0.481 e. The summed E-state index contributed by atoms with van der Waals surface area (Å²) in [4.78, 5) is 104. The molecule has 0 bridgehead atoms. The summed E-state index contributed by atoms with van der Waals surface area (Å²) in [6, 6.07) is -5.16. The van der Waals surface area contributed by atoms with E-state index in [2.05, 4.69) is 40.4 Å². The van der Waals surface area contributed by atoms with Gasteiger partial charge in [0.1, 0.15) is 24.2 Å². The summed E-state index contributed by atoms with van der Waals surface area (Å²) >= 11 is 0. The molecule has 1 aliphatic heterocycles. The van der Waals surface area contributed by atoms with Crippen LogP contribution in [0.15, 0.2) is 0 Å². The smallest absolute Gasteiger partial charge is 0.303 e. The lowest BCUT2D eigenvalue weighted by atomic mass is 10.0. The quantitative estimate of drug-likeness (QED) is 0.0373. The van der Waals surface area contributed by atoms with Gasteiger partial charge in [0.05, 0.1) is 118 Å². The Morgan fingerprint density at radius 2 is 1.06 bits per heavy atom. The predicted molar refractivity (Wildman–Crippen MR) is 260 cm³/mol. The monoisotopic (exact) mass is 1030 g/mol. The van der Waals surface area contributed by atoms with Gasteiger partial charge in [0.25, 0.3) is 0 Å². The van der Waals surface area contributed by atoms with E-state index in [0.29, 0.717) is 91.6 Å². The minimum absolute atomic E-state index is 0.0242. The number of ketones is 1. The molecule has 1 fully saturated rings. The van der Waals surface area contributed by atoms with Gasteiger partial charge in [-0.15, -0.1) is 0 Å². The molecule has 0 unspecified atom stereocenters. The minimum Gasteiger partial charge on any atom is -0.481 e. The van der Waals surface area contributed by atoms with Crippen molar-refractivity contribution < 1.29 is 86.5 Å². The summed E-state index contributed by atoms with van der Waals surface area (Å²) in [5.74, 6) is -5.67. The van der Waals surface area contributed by atoms with E-state index in [9.17, 15) is 48.6 Å². The highest BCUT2D eigenvalue weighted by Crippen LogP contribution is 2.21. The Balaban J connectivity index is 2.46. The molecular weight excluding hydrogens is 949 g/mol. The van der Waals surface area contributed by atoms with Gasteiger partial charge in [-0.05, 0) is 44.4 Å². The van der Waals surface area contributed by atoms with Gasteiger partial charge in [0, 0.05) is 31.9 Å². The molecular formula is C48H86N6O18. The molecule has 0 radical (unpaired) electrons. The van der Waals surface area contributed by atoms with Crippen molar-refractivity contribution in [3.63, 3.8) is 0 Å². The van der Waals surface area contributed by atoms with Crippen molar-refractivity contribution in [2.24, 2.45) is 17.8 Å². The molecule has 0 aromatic heterocycles. The van der Waals surface area contributed by atoms with E-state index in [1.807, 2.05) is 13.8 Å². The van der Waals surface area contributed by atoms with Crippen molar-refractivity contribution >= 4 is 47.2 Å². The lowest BCUT2D eigenvalue weighted by Crippen LogP contribution is -2.60. The lowest BCUT2D eigenvalue weighted by Gasteiger charge is -2.31. The van der Waals surface area contributed by atoms with Gasteiger partial charge >= 0.3 is 5.97 Å².